The minimum atomic E-state index is -0.268. The zero-order chi connectivity index (χ0) is 21.8. The predicted molar refractivity (Wildman–Crippen MR) is 116 cm³/mol. The van der Waals surface area contributed by atoms with Gasteiger partial charge in [0.25, 0.3) is 5.91 Å². The van der Waals surface area contributed by atoms with Crippen molar-refractivity contribution < 1.29 is 14.0 Å². The first-order chi connectivity index (χ1) is 15.0. The zero-order valence-electron chi connectivity index (χ0n) is 18.0. The van der Waals surface area contributed by atoms with Crippen LogP contribution in [-0.4, -0.2) is 71.3 Å². The summed E-state index contributed by atoms with van der Waals surface area (Å²) in [4.78, 5) is 36.1. The first-order valence-electron chi connectivity index (χ1n) is 11.0. The van der Waals surface area contributed by atoms with Gasteiger partial charge in [-0.05, 0) is 56.1 Å². The van der Waals surface area contributed by atoms with Crippen LogP contribution in [0.3, 0.4) is 0 Å². The molecule has 2 aliphatic rings. The van der Waals surface area contributed by atoms with Crippen LogP contribution >= 0.6 is 0 Å². The molecule has 2 fully saturated rings. The van der Waals surface area contributed by atoms with E-state index in [0.717, 1.165) is 56.8 Å². The summed E-state index contributed by atoms with van der Waals surface area (Å²) in [5.41, 5.74) is 2.39. The molecule has 0 unspecified atom stereocenters. The summed E-state index contributed by atoms with van der Waals surface area (Å²) < 4.78 is 13.1. The standard InChI is InChI=1S/C24H29FN4O2/c1-27-13-15-28(16-14-27)24(31)19-7-10-21(26-17-19)22-3-2-12-29(22)23(30)11-6-18-4-8-20(25)9-5-18/h4-5,7-10,17,22H,2-3,6,11-16H2,1H3/t22-/m1/s1. The number of pyridine rings is 1. The highest BCUT2D eigenvalue weighted by atomic mass is 19.1. The van der Waals surface area contributed by atoms with E-state index in [9.17, 15) is 14.0 Å². The number of hydrogen-bond acceptors (Lipinski definition) is 4. The number of hydrogen-bond donors (Lipinski definition) is 0. The lowest BCUT2D eigenvalue weighted by atomic mass is 10.1. The number of piperazine rings is 1. The third-order valence-corrected chi connectivity index (χ3v) is 6.28. The summed E-state index contributed by atoms with van der Waals surface area (Å²) in [6.45, 7) is 3.95. The maximum atomic E-state index is 13.1. The van der Waals surface area contributed by atoms with E-state index in [-0.39, 0.29) is 23.7 Å². The van der Waals surface area contributed by atoms with E-state index < -0.39 is 0 Å². The molecule has 1 aromatic heterocycles. The van der Waals surface area contributed by atoms with Crippen molar-refractivity contribution in [2.45, 2.75) is 31.7 Å². The number of aryl methyl sites for hydroxylation is 1. The van der Waals surface area contributed by atoms with Gasteiger partial charge in [-0.3, -0.25) is 14.6 Å². The molecular formula is C24H29FN4O2. The Morgan fingerprint density at radius 2 is 1.77 bits per heavy atom. The quantitative estimate of drug-likeness (QED) is 0.741. The van der Waals surface area contributed by atoms with Crippen molar-refractivity contribution in [2.24, 2.45) is 0 Å². The van der Waals surface area contributed by atoms with Gasteiger partial charge in [0.2, 0.25) is 5.91 Å². The van der Waals surface area contributed by atoms with E-state index in [0.29, 0.717) is 18.4 Å². The summed E-state index contributed by atoms with van der Waals surface area (Å²) >= 11 is 0. The molecule has 2 aromatic rings. The minimum absolute atomic E-state index is 0.0193. The largest absolute Gasteiger partial charge is 0.336 e. The molecule has 6 nitrogen and oxygen atoms in total. The van der Waals surface area contributed by atoms with Gasteiger partial charge in [-0.25, -0.2) is 4.39 Å². The SMILES string of the molecule is CN1CCN(C(=O)c2ccc([C@H]3CCCN3C(=O)CCc3ccc(F)cc3)nc2)CC1. The van der Waals surface area contributed by atoms with Crippen LogP contribution in [0.1, 0.15) is 46.9 Å². The number of carbonyl (C=O) groups is 2. The van der Waals surface area contributed by atoms with E-state index in [1.165, 1.54) is 12.1 Å². The maximum absolute atomic E-state index is 13.1. The molecule has 0 saturated carbocycles. The molecule has 0 spiro atoms. The van der Waals surface area contributed by atoms with Crippen molar-refractivity contribution in [2.75, 3.05) is 39.8 Å². The Bertz CT molecular complexity index is 908. The van der Waals surface area contributed by atoms with Gasteiger partial charge >= 0.3 is 0 Å². The Balaban J connectivity index is 1.37. The normalized spacial score (nSPS) is 19.6. The van der Waals surface area contributed by atoms with Gasteiger partial charge in [0.15, 0.2) is 0 Å². The molecular weight excluding hydrogens is 395 g/mol. The molecule has 31 heavy (non-hydrogen) atoms. The van der Waals surface area contributed by atoms with E-state index in [1.54, 1.807) is 18.3 Å². The van der Waals surface area contributed by atoms with Crippen molar-refractivity contribution in [3.05, 3.63) is 65.2 Å². The molecule has 2 aliphatic heterocycles. The average Bonchev–Trinajstić information content (AvgIpc) is 3.29. The van der Waals surface area contributed by atoms with Crippen molar-refractivity contribution in [1.82, 2.24) is 19.7 Å². The summed E-state index contributed by atoms with van der Waals surface area (Å²) in [5, 5.41) is 0. The number of likely N-dealkylation sites (tertiary alicyclic amines) is 1. The second kappa shape index (κ2) is 9.56. The first kappa shape index (κ1) is 21.4. The molecule has 164 valence electrons. The van der Waals surface area contributed by atoms with E-state index >= 15 is 0 Å². The van der Waals surface area contributed by atoms with E-state index in [1.807, 2.05) is 21.9 Å². The monoisotopic (exact) mass is 424 g/mol. The van der Waals surface area contributed by atoms with Crippen molar-refractivity contribution in [3.63, 3.8) is 0 Å². The van der Waals surface area contributed by atoms with Gasteiger partial charge in [0.1, 0.15) is 5.82 Å². The third kappa shape index (κ3) is 5.10. The van der Waals surface area contributed by atoms with Gasteiger partial charge in [0, 0.05) is 45.3 Å². The molecule has 1 atom stereocenters. The van der Waals surface area contributed by atoms with Crippen molar-refractivity contribution in [1.29, 1.82) is 0 Å². The fourth-order valence-electron chi connectivity index (χ4n) is 4.34. The number of aromatic nitrogens is 1. The fourth-order valence-corrected chi connectivity index (χ4v) is 4.34. The summed E-state index contributed by atoms with van der Waals surface area (Å²) in [7, 11) is 2.06. The number of carbonyl (C=O) groups excluding carboxylic acids is 2. The van der Waals surface area contributed by atoms with Gasteiger partial charge in [-0.15, -0.1) is 0 Å². The topological polar surface area (TPSA) is 56.8 Å². The number of likely N-dealkylation sites (N-methyl/N-ethyl adjacent to an activating group) is 1. The summed E-state index contributed by atoms with van der Waals surface area (Å²) in [6.07, 6.45) is 4.45. The smallest absolute Gasteiger partial charge is 0.255 e. The maximum Gasteiger partial charge on any atom is 0.255 e. The number of halogens is 1. The highest BCUT2D eigenvalue weighted by Crippen LogP contribution is 2.31. The van der Waals surface area contributed by atoms with E-state index in [4.69, 9.17) is 0 Å². The van der Waals surface area contributed by atoms with Crippen LogP contribution in [0.5, 0.6) is 0 Å². The van der Waals surface area contributed by atoms with Crippen LogP contribution in [0.15, 0.2) is 42.6 Å². The van der Waals surface area contributed by atoms with Crippen LogP contribution < -0.4 is 0 Å². The molecule has 0 N–H and O–H groups in total. The average molecular weight is 425 g/mol. The predicted octanol–water partition coefficient (Wildman–Crippen LogP) is 2.90. The summed E-state index contributed by atoms with van der Waals surface area (Å²) in [5.74, 6) is -0.160. The molecule has 2 saturated heterocycles. The molecule has 2 amide bonds. The van der Waals surface area contributed by atoms with Crippen molar-refractivity contribution >= 4 is 11.8 Å². The molecule has 3 heterocycles. The highest BCUT2D eigenvalue weighted by Gasteiger charge is 2.31. The molecule has 7 heteroatoms. The molecule has 0 bridgehead atoms. The summed E-state index contributed by atoms with van der Waals surface area (Å²) in [6, 6.07) is 9.97. The van der Waals surface area contributed by atoms with Gasteiger partial charge in [0.05, 0.1) is 17.3 Å². The van der Waals surface area contributed by atoms with Crippen LogP contribution in [0.4, 0.5) is 4.39 Å². The second-order valence-corrected chi connectivity index (χ2v) is 8.44. The minimum Gasteiger partial charge on any atom is -0.336 e. The molecule has 0 radical (unpaired) electrons. The first-order valence-corrected chi connectivity index (χ1v) is 11.0. The van der Waals surface area contributed by atoms with Crippen LogP contribution in [0.25, 0.3) is 0 Å². The lowest BCUT2D eigenvalue weighted by Gasteiger charge is -2.32. The van der Waals surface area contributed by atoms with Crippen LogP contribution in [0, 0.1) is 5.82 Å². The lowest BCUT2D eigenvalue weighted by molar-refractivity contribution is -0.132. The number of amides is 2. The van der Waals surface area contributed by atoms with Crippen molar-refractivity contribution in [3.8, 4) is 0 Å². The fraction of sp³-hybridized carbons (Fsp3) is 0.458. The second-order valence-electron chi connectivity index (χ2n) is 8.44. The molecule has 1 aromatic carbocycles. The Hall–Kier alpha value is -2.80. The van der Waals surface area contributed by atoms with Crippen LogP contribution in [0.2, 0.25) is 0 Å². The number of benzene rings is 1. The Morgan fingerprint density at radius 1 is 1.03 bits per heavy atom. The third-order valence-electron chi connectivity index (χ3n) is 6.28. The van der Waals surface area contributed by atoms with Gasteiger partial charge in [-0.2, -0.15) is 0 Å². The van der Waals surface area contributed by atoms with Gasteiger partial charge in [-0.1, -0.05) is 12.1 Å². The number of nitrogens with zero attached hydrogens (tertiary/aromatic N) is 4. The van der Waals surface area contributed by atoms with E-state index in [2.05, 4.69) is 16.9 Å². The number of rotatable bonds is 5. The van der Waals surface area contributed by atoms with Crippen LogP contribution in [-0.2, 0) is 11.2 Å². The van der Waals surface area contributed by atoms with Gasteiger partial charge < -0.3 is 14.7 Å². The Labute approximate surface area is 182 Å². The lowest BCUT2D eigenvalue weighted by Crippen LogP contribution is -2.47. The highest BCUT2D eigenvalue weighted by molar-refractivity contribution is 5.94. The molecule has 4 rings (SSSR count). The molecule has 0 aliphatic carbocycles. The Kier molecular flexibility index (Phi) is 6.61. The zero-order valence-corrected chi connectivity index (χ0v) is 18.0. The Morgan fingerprint density at radius 3 is 2.45 bits per heavy atom.